The highest BCUT2D eigenvalue weighted by atomic mass is 32.2. The predicted octanol–water partition coefficient (Wildman–Crippen LogP) is 1.09. The standard InChI is InChI=1S/C15H22N2O3S/c1-2-3-12-20-13-11-17-21(18,19)15-9-5-4-7-14(15)8-6-10-16/h4-5,7,9,17H,2-3,10-13,16H2,1H3. The lowest BCUT2D eigenvalue weighted by atomic mass is 10.2. The quantitative estimate of drug-likeness (QED) is 0.556. The summed E-state index contributed by atoms with van der Waals surface area (Å²) in [6.45, 7) is 3.51. The van der Waals surface area contributed by atoms with E-state index in [1.807, 2.05) is 0 Å². The molecule has 1 aromatic rings. The number of nitrogens with two attached hydrogens (primary N) is 1. The molecule has 0 aliphatic rings. The second kappa shape index (κ2) is 9.53. The molecule has 0 bridgehead atoms. The van der Waals surface area contributed by atoms with E-state index in [0.29, 0.717) is 18.8 Å². The number of benzene rings is 1. The number of ether oxygens (including phenoxy) is 1. The molecular weight excluding hydrogens is 288 g/mol. The van der Waals surface area contributed by atoms with E-state index in [-0.39, 0.29) is 18.0 Å². The third-order valence-electron chi connectivity index (χ3n) is 2.68. The SMILES string of the molecule is CCCCOCCNS(=O)(=O)c1ccccc1C#CCN. The summed E-state index contributed by atoms with van der Waals surface area (Å²) in [4.78, 5) is 0.166. The van der Waals surface area contributed by atoms with Gasteiger partial charge in [-0.3, -0.25) is 0 Å². The zero-order valence-electron chi connectivity index (χ0n) is 12.3. The summed E-state index contributed by atoms with van der Waals surface area (Å²) in [5, 5.41) is 0. The average Bonchev–Trinajstić information content (AvgIpc) is 2.49. The molecule has 0 atom stereocenters. The van der Waals surface area contributed by atoms with Crippen molar-refractivity contribution in [1.29, 1.82) is 0 Å². The second-order valence-corrected chi connectivity index (χ2v) is 6.10. The minimum absolute atomic E-state index is 0.166. The smallest absolute Gasteiger partial charge is 0.241 e. The summed E-state index contributed by atoms with van der Waals surface area (Å²) < 4.78 is 32.3. The number of hydrogen-bond donors (Lipinski definition) is 2. The van der Waals surface area contributed by atoms with Gasteiger partial charge in [0.1, 0.15) is 0 Å². The maximum Gasteiger partial charge on any atom is 0.241 e. The summed E-state index contributed by atoms with van der Waals surface area (Å²) in [5.41, 5.74) is 5.77. The first-order chi connectivity index (χ1) is 10.1. The van der Waals surface area contributed by atoms with Gasteiger partial charge in [0.2, 0.25) is 10.0 Å². The van der Waals surface area contributed by atoms with Crippen LogP contribution in [0.25, 0.3) is 0 Å². The zero-order valence-corrected chi connectivity index (χ0v) is 13.1. The summed E-state index contributed by atoms with van der Waals surface area (Å²) >= 11 is 0. The molecule has 0 saturated heterocycles. The Hall–Kier alpha value is -1.39. The van der Waals surface area contributed by atoms with Gasteiger partial charge in [0.25, 0.3) is 0 Å². The maximum atomic E-state index is 12.2. The molecule has 3 N–H and O–H groups in total. The van der Waals surface area contributed by atoms with Crippen LogP contribution in [-0.2, 0) is 14.8 Å². The van der Waals surface area contributed by atoms with Gasteiger partial charge in [0.15, 0.2) is 0 Å². The van der Waals surface area contributed by atoms with Gasteiger partial charge in [0, 0.05) is 18.7 Å². The lowest BCUT2D eigenvalue weighted by Crippen LogP contribution is -2.28. The Labute approximate surface area is 126 Å². The number of unbranched alkanes of at least 4 members (excludes halogenated alkanes) is 1. The molecule has 0 spiro atoms. The molecule has 0 aliphatic carbocycles. The van der Waals surface area contributed by atoms with E-state index in [0.717, 1.165) is 12.8 Å². The fraction of sp³-hybridized carbons (Fsp3) is 0.467. The van der Waals surface area contributed by atoms with Crippen LogP contribution in [-0.4, -0.2) is 34.7 Å². The van der Waals surface area contributed by atoms with E-state index in [9.17, 15) is 8.42 Å². The van der Waals surface area contributed by atoms with Crippen molar-refractivity contribution in [3.63, 3.8) is 0 Å². The second-order valence-electron chi connectivity index (χ2n) is 4.37. The molecule has 1 rings (SSSR count). The molecule has 21 heavy (non-hydrogen) atoms. The van der Waals surface area contributed by atoms with Crippen molar-refractivity contribution in [2.24, 2.45) is 5.73 Å². The Morgan fingerprint density at radius 2 is 2.05 bits per heavy atom. The van der Waals surface area contributed by atoms with Crippen LogP contribution in [0.4, 0.5) is 0 Å². The summed E-state index contributed by atoms with van der Waals surface area (Å²) in [6, 6.07) is 6.60. The van der Waals surface area contributed by atoms with E-state index >= 15 is 0 Å². The van der Waals surface area contributed by atoms with Gasteiger partial charge in [-0.15, -0.1) is 0 Å². The first kappa shape index (κ1) is 17.7. The molecule has 0 aromatic heterocycles. The van der Waals surface area contributed by atoms with Gasteiger partial charge in [-0.2, -0.15) is 0 Å². The van der Waals surface area contributed by atoms with Crippen molar-refractivity contribution in [2.75, 3.05) is 26.3 Å². The van der Waals surface area contributed by atoms with Crippen LogP contribution in [0.3, 0.4) is 0 Å². The molecular formula is C15H22N2O3S. The molecule has 0 saturated carbocycles. The molecule has 5 nitrogen and oxygen atoms in total. The molecule has 0 aliphatic heterocycles. The van der Waals surface area contributed by atoms with Crippen LogP contribution in [0.5, 0.6) is 0 Å². The number of hydrogen-bond acceptors (Lipinski definition) is 4. The summed E-state index contributed by atoms with van der Waals surface area (Å²) in [6.07, 6.45) is 2.03. The van der Waals surface area contributed by atoms with Crippen LogP contribution in [0.2, 0.25) is 0 Å². The van der Waals surface area contributed by atoms with Crippen LogP contribution in [0.15, 0.2) is 29.2 Å². The number of nitrogens with one attached hydrogen (secondary N) is 1. The predicted molar refractivity (Wildman–Crippen MR) is 83.3 cm³/mol. The Balaban J connectivity index is 2.66. The largest absolute Gasteiger partial charge is 0.380 e. The monoisotopic (exact) mass is 310 g/mol. The van der Waals surface area contributed by atoms with E-state index in [1.165, 1.54) is 6.07 Å². The Kier molecular flexibility index (Phi) is 8.01. The molecule has 6 heteroatoms. The lowest BCUT2D eigenvalue weighted by Gasteiger charge is -2.09. The van der Waals surface area contributed by atoms with Crippen molar-refractivity contribution >= 4 is 10.0 Å². The minimum Gasteiger partial charge on any atom is -0.380 e. The highest BCUT2D eigenvalue weighted by Crippen LogP contribution is 2.13. The first-order valence-electron chi connectivity index (χ1n) is 6.97. The molecule has 0 fully saturated rings. The fourth-order valence-electron chi connectivity index (χ4n) is 1.62. The van der Waals surface area contributed by atoms with Gasteiger partial charge >= 0.3 is 0 Å². The van der Waals surface area contributed by atoms with Gasteiger partial charge in [-0.1, -0.05) is 37.3 Å². The summed E-state index contributed by atoms with van der Waals surface area (Å²) in [5.74, 6) is 5.44. The van der Waals surface area contributed by atoms with E-state index < -0.39 is 10.0 Å². The normalized spacial score (nSPS) is 11.0. The van der Waals surface area contributed by atoms with Crippen LogP contribution in [0, 0.1) is 11.8 Å². The molecule has 116 valence electrons. The Bertz CT molecular complexity index is 588. The van der Waals surface area contributed by atoms with Crippen molar-refractivity contribution in [2.45, 2.75) is 24.7 Å². The van der Waals surface area contributed by atoms with E-state index in [1.54, 1.807) is 18.2 Å². The van der Waals surface area contributed by atoms with Crippen molar-refractivity contribution in [1.82, 2.24) is 4.72 Å². The molecule has 0 heterocycles. The summed E-state index contributed by atoms with van der Waals surface area (Å²) in [7, 11) is -3.59. The van der Waals surface area contributed by atoms with Crippen molar-refractivity contribution in [3.8, 4) is 11.8 Å². The molecule has 0 amide bonds. The molecule has 1 aromatic carbocycles. The molecule has 0 radical (unpaired) electrons. The highest BCUT2D eigenvalue weighted by molar-refractivity contribution is 7.89. The van der Waals surface area contributed by atoms with Crippen molar-refractivity contribution < 1.29 is 13.2 Å². The third kappa shape index (κ3) is 6.27. The topological polar surface area (TPSA) is 81.4 Å². The molecule has 0 unspecified atom stereocenters. The third-order valence-corrected chi connectivity index (χ3v) is 4.20. The maximum absolute atomic E-state index is 12.2. The van der Waals surface area contributed by atoms with E-state index in [4.69, 9.17) is 10.5 Å². The minimum atomic E-state index is -3.59. The van der Waals surface area contributed by atoms with Crippen LogP contribution in [0.1, 0.15) is 25.3 Å². The average molecular weight is 310 g/mol. The van der Waals surface area contributed by atoms with Gasteiger partial charge in [-0.05, 0) is 18.6 Å². The first-order valence-corrected chi connectivity index (χ1v) is 8.45. The van der Waals surface area contributed by atoms with Gasteiger partial charge in [-0.25, -0.2) is 13.1 Å². The highest BCUT2D eigenvalue weighted by Gasteiger charge is 2.16. The van der Waals surface area contributed by atoms with Crippen LogP contribution >= 0.6 is 0 Å². The number of rotatable bonds is 8. The zero-order chi connectivity index (χ0) is 15.6. The Morgan fingerprint density at radius 3 is 2.76 bits per heavy atom. The van der Waals surface area contributed by atoms with Gasteiger partial charge in [0.05, 0.1) is 18.0 Å². The number of sulfonamides is 1. The fourth-order valence-corrected chi connectivity index (χ4v) is 2.80. The lowest BCUT2D eigenvalue weighted by molar-refractivity contribution is 0.136. The Morgan fingerprint density at radius 1 is 1.29 bits per heavy atom. The van der Waals surface area contributed by atoms with Crippen LogP contribution < -0.4 is 10.5 Å². The van der Waals surface area contributed by atoms with Crippen molar-refractivity contribution in [3.05, 3.63) is 29.8 Å². The van der Waals surface area contributed by atoms with E-state index in [2.05, 4.69) is 23.5 Å². The van der Waals surface area contributed by atoms with Gasteiger partial charge < -0.3 is 10.5 Å².